The Morgan fingerprint density at radius 3 is 2.75 bits per heavy atom. The maximum absolute atomic E-state index is 12.6. The average molecular weight is 340 g/mol. The fourth-order valence-corrected chi connectivity index (χ4v) is 4.31. The van der Waals surface area contributed by atoms with Gasteiger partial charge in [0.25, 0.3) is 0 Å². The molecule has 1 aliphatic heterocycles. The second-order valence-electron chi connectivity index (χ2n) is 6.31. The molecule has 1 saturated heterocycles. The molecule has 5 nitrogen and oxygen atoms in total. The van der Waals surface area contributed by atoms with Crippen molar-refractivity contribution in [3.05, 3.63) is 35.9 Å². The summed E-state index contributed by atoms with van der Waals surface area (Å²) in [6, 6.07) is 10.3. The molecular formula is C18H20N4OS. The SMILES string of the molecule is Cc1cc2nnc(SC(C)C(=O)N3CCCC3)n2c2ccccc12. The molecule has 124 valence electrons. The number of carbonyl (C=O) groups is 1. The summed E-state index contributed by atoms with van der Waals surface area (Å²) in [5, 5.41) is 10.5. The maximum Gasteiger partial charge on any atom is 0.235 e. The summed E-state index contributed by atoms with van der Waals surface area (Å²) >= 11 is 1.49. The number of carbonyl (C=O) groups excluding carboxylic acids is 1. The molecule has 0 radical (unpaired) electrons. The number of amides is 1. The fraction of sp³-hybridized carbons (Fsp3) is 0.389. The van der Waals surface area contributed by atoms with Gasteiger partial charge in [-0.2, -0.15) is 0 Å². The summed E-state index contributed by atoms with van der Waals surface area (Å²) in [6.07, 6.45) is 2.22. The largest absolute Gasteiger partial charge is 0.342 e. The lowest BCUT2D eigenvalue weighted by atomic mass is 10.1. The van der Waals surface area contributed by atoms with Crippen molar-refractivity contribution in [3.8, 4) is 0 Å². The Morgan fingerprint density at radius 1 is 1.21 bits per heavy atom. The Hall–Kier alpha value is -2.08. The Labute approximate surface area is 145 Å². The second-order valence-corrected chi connectivity index (χ2v) is 7.62. The molecule has 24 heavy (non-hydrogen) atoms. The minimum absolute atomic E-state index is 0.157. The van der Waals surface area contributed by atoms with Gasteiger partial charge in [-0.05, 0) is 44.4 Å². The van der Waals surface area contributed by atoms with Crippen molar-refractivity contribution in [1.82, 2.24) is 19.5 Å². The molecule has 1 aromatic carbocycles. The van der Waals surface area contributed by atoms with Crippen molar-refractivity contribution in [2.24, 2.45) is 0 Å². The van der Waals surface area contributed by atoms with Gasteiger partial charge in [0.15, 0.2) is 10.8 Å². The van der Waals surface area contributed by atoms with Crippen molar-refractivity contribution < 1.29 is 4.79 Å². The van der Waals surface area contributed by atoms with Crippen molar-refractivity contribution in [2.75, 3.05) is 13.1 Å². The van der Waals surface area contributed by atoms with Crippen molar-refractivity contribution >= 4 is 34.2 Å². The van der Waals surface area contributed by atoms with Crippen LogP contribution >= 0.6 is 11.8 Å². The topological polar surface area (TPSA) is 50.5 Å². The van der Waals surface area contributed by atoms with E-state index in [0.29, 0.717) is 0 Å². The number of rotatable bonds is 3. The molecule has 0 bridgehead atoms. The summed E-state index contributed by atoms with van der Waals surface area (Å²) in [4.78, 5) is 14.5. The molecule has 0 N–H and O–H groups in total. The molecule has 4 rings (SSSR count). The molecule has 1 amide bonds. The van der Waals surface area contributed by atoms with Gasteiger partial charge in [-0.3, -0.25) is 9.20 Å². The fourth-order valence-electron chi connectivity index (χ4n) is 3.35. The smallest absolute Gasteiger partial charge is 0.235 e. The van der Waals surface area contributed by atoms with E-state index in [2.05, 4.69) is 33.7 Å². The highest BCUT2D eigenvalue weighted by molar-refractivity contribution is 8.00. The lowest BCUT2D eigenvalue weighted by Gasteiger charge is -2.19. The van der Waals surface area contributed by atoms with Gasteiger partial charge < -0.3 is 4.90 Å². The van der Waals surface area contributed by atoms with Crippen LogP contribution in [0, 0.1) is 6.92 Å². The summed E-state index contributed by atoms with van der Waals surface area (Å²) < 4.78 is 2.06. The number of thioether (sulfide) groups is 1. The van der Waals surface area contributed by atoms with Crippen LogP contribution in [0.3, 0.4) is 0 Å². The van der Waals surface area contributed by atoms with E-state index in [4.69, 9.17) is 0 Å². The van der Waals surface area contributed by atoms with Gasteiger partial charge >= 0.3 is 0 Å². The zero-order valence-electron chi connectivity index (χ0n) is 13.9. The molecule has 0 aliphatic carbocycles. The van der Waals surface area contributed by atoms with Gasteiger partial charge in [0.1, 0.15) is 0 Å². The number of aryl methyl sites for hydroxylation is 1. The number of nitrogens with zero attached hydrogens (tertiary/aromatic N) is 4. The highest BCUT2D eigenvalue weighted by Gasteiger charge is 2.25. The lowest BCUT2D eigenvalue weighted by Crippen LogP contribution is -2.34. The van der Waals surface area contributed by atoms with Crippen molar-refractivity contribution in [1.29, 1.82) is 0 Å². The molecule has 3 aromatic rings. The molecular weight excluding hydrogens is 320 g/mol. The Balaban J connectivity index is 1.72. The van der Waals surface area contributed by atoms with Crippen LogP contribution < -0.4 is 0 Å². The standard InChI is InChI=1S/C18H20N4OS/c1-12-11-16-19-20-18(22(16)15-8-4-3-7-14(12)15)24-13(2)17(23)21-9-5-6-10-21/h3-4,7-8,11,13H,5-6,9-10H2,1-2H3. The van der Waals surface area contributed by atoms with Gasteiger partial charge in [0.2, 0.25) is 5.91 Å². The summed E-state index contributed by atoms with van der Waals surface area (Å²) in [6.45, 7) is 5.81. The average Bonchev–Trinajstić information content (AvgIpc) is 3.25. The number of hydrogen-bond acceptors (Lipinski definition) is 4. The van der Waals surface area contributed by atoms with E-state index in [1.165, 1.54) is 22.7 Å². The third-order valence-corrected chi connectivity index (χ3v) is 5.65. The monoisotopic (exact) mass is 340 g/mol. The van der Waals surface area contributed by atoms with Gasteiger partial charge in [-0.25, -0.2) is 0 Å². The molecule has 0 saturated carbocycles. The first-order valence-corrected chi connectivity index (χ1v) is 9.22. The third-order valence-electron chi connectivity index (χ3n) is 4.62. The van der Waals surface area contributed by atoms with Gasteiger partial charge in [-0.15, -0.1) is 10.2 Å². The number of benzene rings is 1. The van der Waals surface area contributed by atoms with Crippen molar-refractivity contribution in [2.45, 2.75) is 37.1 Å². The van der Waals surface area contributed by atoms with Gasteiger partial charge in [-0.1, -0.05) is 30.0 Å². The molecule has 1 fully saturated rings. The normalized spacial score (nSPS) is 16.2. The first-order valence-electron chi connectivity index (χ1n) is 8.34. The molecule has 3 heterocycles. The molecule has 2 aromatic heterocycles. The van der Waals surface area contributed by atoms with Crippen LogP contribution in [0.5, 0.6) is 0 Å². The maximum atomic E-state index is 12.6. The summed E-state index contributed by atoms with van der Waals surface area (Å²) in [5.41, 5.74) is 3.10. The molecule has 6 heteroatoms. The minimum Gasteiger partial charge on any atom is -0.342 e. The van der Waals surface area contributed by atoms with Gasteiger partial charge in [0, 0.05) is 18.5 Å². The van der Waals surface area contributed by atoms with E-state index in [1.54, 1.807) is 0 Å². The predicted octanol–water partition coefficient (Wildman–Crippen LogP) is 3.29. The molecule has 1 aliphatic rings. The highest BCUT2D eigenvalue weighted by Crippen LogP contribution is 2.29. The van der Waals surface area contributed by atoms with Gasteiger partial charge in [0.05, 0.1) is 10.8 Å². The molecule has 1 unspecified atom stereocenters. The quantitative estimate of drug-likeness (QED) is 0.687. The molecule has 0 spiro atoms. The number of likely N-dealkylation sites (tertiary alicyclic amines) is 1. The van der Waals surface area contributed by atoms with E-state index < -0.39 is 0 Å². The Morgan fingerprint density at radius 2 is 1.96 bits per heavy atom. The van der Waals surface area contributed by atoms with E-state index in [1.807, 2.05) is 30.0 Å². The van der Waals surface area contributed by atoms with Crippen LogP contribution in [-0.2, 0) is 4.79 Å². The van der Waals surface area contributed by atoms with Crippen LogP contribution in [-0.4, -0.2) is 43.7 Å². The van der Waals surface area contributed by atoms with Crippen LogP contribution in [0.15, 0.2) is 35.5 Å². The first kappa shape index (κ1) is 15.4. The number of fused-ring (bicyclic) bond motifs is 3. The minimum atomic E-state index is -0.157. The van der Waals surface area contributed by atoms with E-state index >= 15 is 0 Å². The van der Waals surface area contributed by atoms with Crippen molar-refractivity contribution in [3.63, 3.8) is 0 Å². The molecule has 1 atom stereocenters. The summed E-state index contributed by atoms with van der Waals surface area (Å²) in [5.74, 6) is 0.200. The van der Waals surface area contributed by atoms with E-state index in [9.17, 15) is 4.79 Å². The zero-order valence-corrected chi connectivity index (χ0v) is 14.7. The highest BCUT2D eigenvalue weighted by atomic mass is 32.2. The third kappa shape index (κ3) is 2.55. The number of para-hydroxylation sites is 1. The summed E-state index contributed by atoms with van der Waals surface area (Å²) in [7, 11) is 0. The Bertz CT molecular complexity index is 914. The van der Waals surface area contributed by atoms with Crippen LogP contribution in [0.2, 0.25) is 0 Å². The number of hydrogen-bond donors (Lipinski definition) is 0. The number of pyridine rings is 1. The van der Waals surface area contributed by atoms with Crippen LogP contribution in [0.1, 0.15) is 25.3 Å². The zero-order chi connectivity index (χ0) is 16.7. The second kappa shape index (κ2) is 6.09. The van der Waals surface area contributed by atoms with E-state index in [-0.39, 0.29) is 11.2 Å². The van der Waals surface area contributed by atoms with E-state index in [0.717, 1.165) is 42.3 Å². The van der Waals surface area contributed by atoms with Crippen LogP contribution in [0.25, 0.3) is 16.6 Å². The Kier molecular flexibility index (Phi) is 3.92. The van der Waals surface area contributed by atoms with Crippen LogP contribution in [0.4, 0.5) is 0 Å². The first-order chi connectivity index (χ1) is 11.6. The lowest BCUT2D eigenvalue weighted by molar-refractivity contribution is -0.129. The number of aromatic nitrogens is 3. The predicted molar refractivity (Wildman–Crippen MR) is 96.4 cm³/mol.